The third-order valence-corrected chi connectivity index (χ3v) is 4.25. The van der Waals surface area contributed by atoms with Crippen molar-refractivity contribution in [2.45, 2.75) is 25.8 Å². The molecule has 124 valence electrons. The van der Waals surface area contributed by atoms with E-state index < -0.39 is 0 Å². The average molecular weight is 308 g/mol. The quantitative estimate of drug-likeness (QED) is 0.838. The second kappa shape index (κ2) is 8.25. The van der Waals surface area contributed by atoms with Gasteiger partial charge in [-0.2, -0.15) is 0 Å². The Morgan fingerprint density at radius 1 is 1.05 bits per heavy atom. The van der Waals surface area contributed by atoms with Crippen molar-refractivity contribution in [1.29, 1.82) is 0 Å². The van der Waals surface area contributed by atoms with Gasteiger partial charge < -0.3 is 19.5 Å². The summed E-state index contributed by atoms with van der Waals surface area (Å²) in [4.78, 5) is 2.53. The lowest BCUT2D eigenvalue weighted by molar-refractivity contribution is 0.161. The third kappa shape index (κ3) is 3.47. The fourth-order valence-electron chi connectivity index (χ4n) is 3.19. The van der Waals surface area contributed by atoms with Gasteiger partial charge in [-0.1, -0.05) is 13.3 Å². The first-order chi connectivity index (χ1) is 10.8. The first-order valence-electron chi connectivity index (χ1n) is 8.00. The van der Waals surface area contributed by atoms with Gasteiger partial charge in [-0.25, -0.2) is 0 Å². The monoisotopic (exact) mass is 308 g/mol. The van der Waals surface area contributed by atoms with Crippen molar-refractivity contribution < 1.29 is 14.2 Å². The van der Waals surface area contributed by atoms with Crippen molar-refractivity contribution in [2.24, 2.45) is 0 Å². The maximum atomic E-state index is 5.68. The SMILES string of the molecule is CCC[C@H](c1ccc(OC)c(OC)c1OC)N1CCNCC1. The summed E-state index contributed by atoms with van der Waals surface area (Å²) < 4.78 is 16.6. The molecule has 1 aliphatic heterocycles. The second-order valence-corrected chi connectivity index (χ2v) is 5.51. The lowest BCUT2D eigenvalue weighted by Crippen LogP contribution is -2.45. The number of methoxy groups -OCH3 is 3. The first kappa shape index (κ1) is 16.9. The minimum atomic E-state index is 0.349. The van der Waals surface area contributed by atoms with Gasteiger partial charge in [0.25, 0.3) is 0 Å². The molecule has 5 heteroatoms. The Labute approximate surface area is 133 Å². The molecule has 0 unspecified atom stereocenters. The highest BCUT2D eigenvalue weighted by molar-refractivity contribution is 5.56. The van der Waals surface area contributed by atoms with Gasteiger partial charge >= 0.3 is 0 Å². The number of piperazine rings is 1. The molecule has 2 rings (SSSR count). The molecule has 1 atom stereocenters. The second-order valence-electron chi connectivity index (χ2n) is 5.51. The number of nitrogens with one attached hydrogen (secondary N) is 1. The molecule has 0 amide bonds. The Hall–Kier alpha value is -1.46. The fraction of sp³-hybridized carbons (Fsp3) is 0.647. The van der Waals surface area contributed by atoms with Crippen LogP contribution < -0.4 is 19.5 Å². The molecule has 1 aromatic rings. The predicted octanol–water partition coefficient (Wildman–Crippen LogP) is 2.46. The van der Waals surface area contributed by atoms with Gasteiger partial charge in [0.15, 0.2) is 11.5 Å². The number of ether oxygens (including phenoxy) is 3. The molecule has 1 fully saturated rings. The summed E-state index contributed by atoms with van der Waals surface area (Å²) in [5.41, 5.74) is 1.18. The highest BCUT2D eigenvalue weighted by Gasteiger charge is 2.27. The van der Waals surface area contributed by atoms with Crippen LogP contribution in [0.2, 0.25) is 0 Å². The van der Waals surface area contributed by atoms with Crippen molar-refractivity contribution in [2.75, 3.05) is 47.5 Å². The lowest BCUT2D eigenvalue weighted by Gasteiger charge is -2.36. The van der Waals surface area contributed by atoms with Crippen LogP contribution in [0.5, 0.6) is 17.2 Å². The molecule has 0 aliphatic carbocycles. The van der Waals surface area contributed by atoms with Crippen LogP contribution in [0.4, 0.5) is 0 Å². The molecule has 0 spiro atoms. The van der Waals surface area contributed by atoms with E-state index in [-0.39, 0.29) is 0 Å². The van der Waals surface area contributed by atoms with E-state index in [2.05, 4.69) is 23.2 Å². The van der Waals surface area contributed by atoms with E-state index in [4.69, 9.17) is 14.2 Å². The molecule has 1 N–H and O–H groups in total. The van der Waals surface area contributed by atoms with Crippen molar-refractivity contribution in [3.63, 3.8) is 0 Å². The van der Waals surface area contributed by atoms with Crippen molar-refractivity contribution in [3.8, 4) is 17.2 Å². The predicted molar refractivity (Wildman–Crippen MR) is 88.2 cm³/mol. The van der Waals surface area contributed by atoms with Gasteiger partial charge in [0.05, 0.1) is 21.3 Å². The van der Waals surface area contributed by atoms with Crippen molar-refractivity contribution in [1.82, 2.24) is 10.2 Å². The van der Waals surface area contributed by atoms with Gasteiger partial charge in [-0.3, -0.25) is 4.90 Å². The Balaban J connectivity index is 2.41. The van der Waals surface area contributed by atoms with Gasteiger partial charge in [0.2, 0.25) is 5.75 Å². The third-order valence-electron chi connectivity index (χ3n) is 4.25. The van der Waals surface area contributed by atoms with Crippen LogP contribution in [0, 0.1) is 0 Å². The summed E-state index contributed by atoms with van der Waals surface area (Å²) in [5, 5.41) is 3.41. The van der Waals surface area contributed by atoms with Gasteiger partial charge in [-0.15, -0.1) is 0 Å². The number of nitrogens with zero attached hydrogens (tertiary/aromatic N) is 1. The molecule has 0 aromatic heterocycles. The van der Waals surface area contributed by atoms with E-state index in [1.165, 1.54) is 5.56 Å². The Morgan fingerprint density at radius 2 is 1.73 bits per heavy atom. The largest absolute Gasteiger partial charge is 0.493 e. The van der Waals surface area contributed by atoms with Crippen LogP contribution in [-0.2, 0) is 0 Å². The van der Waals surface area contributed by atoms with E-state index >= 15 is 0 Å². The molecule has 0 radical (unpaired) electrons. The number of hydrogen-bond donors (Lipinski definition) is 1. The molecular formula is C17H28N2O3. The summed E-state index contributed by atoms with van der Waals surface area (Å²) >= 11 is 0. The molecule has 1 heterocycles. The van der Waals surface area contributed by atoms with Crippen LogP contribution in [-0.4, -0.2) is 52.4 Å². The first-order valence-corrected chi connectivity index (χ1v) is 8.00. The van der Waals surface area contributed by atoms with Crippen LogP contribution in [0.15, 0.2) is 12.1 Å². The van der Waals surface area contributed by atoms with Crippen molar-refractivity contribution in [3.05, 3.63) is 17.7 Å². The summed E-state index contributed by atoms with van der Waals surface area (Å²) in [6.45, 7) is 6.42. The highest BCUT2D eigenvalue weighted by Crippen LogP contribution is 2.44. The summed E-state index contributed by atoms with van der Waals surface area (Å²) in [7, 11) is 5.00. The molecule has 0 bridgehead atoms. The van der Waals surface area contributed by atoms with Crippen LogP contribution >= 0.6 is 0 Å². The zero-order chi connectivity index (χ0) is 15.9. The molecule has 1 aromatic carbocycles. The summed E-state index contributed by atoms with van der Waals surface area (Å²) in [6.07, 6.45) is 2.23. The van der Waals surface area contributed by atoms with Gasteiger partial charge in [0.1, 0.15) is 0 Å². The maximum Gasteiger partial charge on any atom is 0.203 e. The highest BCUT2D eigenvalue weighted by atomic mass is 16.5. The van der Waals surface area contributed by atoms with Gasteiger partial charge in [0, 0.05) is 37.8 Å². The van der Waals surface area contributed by atoms with Crippen LogP contribution in [0.25, 0.3) is 0 Å². The summed E-state index contributed by atoms with van der Waals surface area (Å²) in [6, 6.07) is 4.44. The standard InChI is InChI=1S/C17H28N2O3/c1-5-6-14(19-11-9-18-10-12-19)13-7-8-15(20-2)17(22-4)16(13)21-3/h7-8,14,18H,5-6,9-12H2,1-4H3/t14-/m1/s1. The molecular weight excluding hydrogens is 280 g/mol. The Kier molecular flexibility index (Phi) is 6.34. The number of benzene rings is 1. The smallest absolute Gasteiger partial charge is 0.203 e. The zero-order valence-corrected chi connectivity index (χ0v) is 14.1. The Morgan fingerprint density at radius 3 is 2.27 bits per heavy atom. The van der Waals surface area contributed by atoms with Gasteiger partial charge in [-0.05, 0) is 18.6 Å². The molecule has 1 saturated heterocycles. The molecule has 22 heavy (non-hydrogen) atoms. The van der Waals surface area contributed by atoms with E-state index in [0.717, 1.165) is 44.8 Å². The fourth-order valence-corrected chi connectivity index (χ4v) is 3.19. The average Bonchev–Trinajstić information content (AvgIpc) is 2.59. The van der Waals surface area contributed by atoms with E-state index in [1.807, 2.05) is 6.07 Å². The van der Waals surface area contributed by atoms with E-state index in [9.17, 15) is 0 Å². The van der Waals surface area contributed by atoms with Crippen molar-refractivity contribution >= 4 is 0 Å². The van der Waals surface area contributed by atoms with Crippen LogP contribution in [0.1, 0.15) is 31.4 Å². The molecule has 0 saturated carbocycles. The maximum absolute atomic E-state index is 5.68. The number of rotatable bonds is 7. The summed E-state index contributed by atoms with van der Waals surface area (Å²) in [5.74, 6) is 2.18. The molecule has 5 nitrogen and oxygen atoms in total. The topological polar surface area (TPSA) is 43.0 Å². The van der Waals surface area contributed by atoms with Crippen LogP contribution in [0.3, 0.4) is 0 Å². The zero-order valence-electron chi connectivity index (χ0n) is 14.1. The lowest BCUT2D eigenvalue weighted by atomic mass is 9.98. The normalized spacial score (nSPS) is 17.1. The minimum Gasteiger partial charge on any atom is -0.493 e. The Bertz CT molecular complexity index is 473. The van der Waals surface area contributed by atoms with E-state index in [1.54, 1.807) is 21.3 Å². The molecule has 1 aliphatic rings. The number of hydrogen-bond acceptors (Lipinski definition) is 5. The van der Waals surface area contributed by atoms with E-state index in [0.29, 0.717) is 17.5 Å². The minimum absolute atomic E-state index is 0.349.